The second-order valence-corrected chi connectivity index (χ2v) is 1.19. The number of nitrogens with one attached hydrogen (secondary N) is 1. The third kappa shape index (κ3) is 1.61. The fraction of sp³-hybridized carbons (Fsp3) is 0. The molecule has 1 aliphatic heterocycles. The molecule has 0 unspecified atom stereocenters. The van der Waals surface area contributed by atoms with Gasteiger partial charge in [0.05, 0.1) is 0 Å². The van der Waals surface area contributed by atoms with Crippen LogP contribution in [0.4, 0.5) is 0 Å². The van der Waals surface area contributed by atoms with Crippen molar-refractivity contribution in [3.05, 3.63) is 12.2 Å². The van der Waals surface area contributed by atoms with Gasteiger partial charge in [-0.25, -0.2) is 0 Å². The van der Waals surface area contributed by atoms with Gasteiger partial charge in [-0.2, -0.15) is 0 Å². The molecule has 1 heterocycles. The van der Waals surface area contributed by atoms with Gasteiger partial charge in [-0.1, -0.05) is 0 Å². The van der Waals surface area contributed by atoms with E-state index in [0.717, 1.165) is 0 Å². The summed E-state index contributed by atoms with van der Waals surface area (Å²) in [6.45, 7) is 0. The number of carbonyl (C=O) groups is 2. The third-order valence-corrected chi connectivity index (χ3v) is 0.632. The topological polar surface area (TPSA) is 46.2 Å². The molecule has 2 amide bonds. The van der Waals surface area contributed by atoms with Crippen molar-refractivity contribution >= 4 is 11.8 Å². The Morgan fingerprint density at radius 1 is 1.12 bits per heavy atom. The molecule has 3 nitrogen and oxygen atoms in total. The van der Waals surface area contributed by atoms with Crippen molar-refractivity contribution in [3.63, 3.8) is 0 Å². The first-order valence-electron chi connectivity index (χ1n) is 1.82. The second kappa shape index (κ2) is 2.81. The first kappa shape index (κ1) is 7.62. The summed E-state index contributed by atoms with van der Waals surface area (Å²) in [6, 6.07) is 0. The quantitative estimate of drug-likeness (QED) is 0.469. The van der Waals surface area contributed by atoms with Crippen molar-refractivity contribution in [2.75, 3.05) is 0 Å². The normalized spacial score (nSPS) is 15.5. The first-order valence-corrected chi connectivity index (χ1v) is 1.82. The number of carbonyl (C=O) groups excluding carboxylic acids is 2. The van der Waals surface area contributed by atoms with Crippen LogP contribution in [-0.4, -0.2) is 11.8 Å². The fourth-order valence-corrected chi connectivity index (χ4v) is 0.356. The van der Waals surface area contributed by atoms with Crippen LogP contribution in [0.3, 0.4) is 0 Å². The van der Waals surface area contributed by atoms with Gasteiger partial charge in [0.2, 0.25) is 0 Å². The summed E-state index contributed by atoms with van der Waals surface area (Å²) < 4.78 is 0. The summed E-state index contributed by atoms with van der Waals surface area (Å²) >= 11 is 0. The van der Waals surface area contributed by atoms with Crippen molar-refractivity contribution < 1.29 is 32.0 Å². The van der Waals surface area contributed by atoms with Gasteiger partial charge in [-0.15, -0.1) is 0 Å². The van der Waals surface area contributed by atoms with Crippen LogP contribution in [0.1, 0.15) is 0 Å². The van der Waals surface area contributed by atoms with Gasteiger partial charge < -0.3 is 0 Å². The van der Waals surface area contributed by atoms with Crippen molar-refractivity contribution in [2.24, 2.45) is 0 Å². The zero-order valence-corrected chi connectivity index (χ0v) is 5.94. The molecule has 1 radical (unpaired) electrons. The molecule has 0 saturated carbocycles. The van der Waals surface area contributed by atoms with Crippen molar-refractivity contribution in [2.45, 2.75) is 0 Å². The fourth-order valence-electron chi connectivity index (χ4n) is 0.356. The maximum absolute atomic E-state index is 10.0. The van der Waals surface area contributed by atoms with E-state index in [0.29, 0.717) is 0 Å². The second-order valence-electron chi connectivity index (χ2n) is 1.19. The molecule has 0 aromatic heterocycles. The Kier molecular flexibility index (Phi) is 2.68. The Morgan fingerprint density at radius 2 is 1.50 bits per heavy atom. The molecule has 4 heteroatoms. The van der Waals surface area contributed by atoms with Gasteiger partial charge in [-0.3, -0.25) is 14.9 Å². The van der Waals surface area contributed by atoms with Gasteiger partial charge in [0.25, 0.3) is 11.8 Å². The summed E-state index contributed by atoms with van der Waals surface area (Å²) in [7, 11) is 0. The van der Waals surface area contributed by atoms with Gasteiger partial charge in [0, 0.05) is 34.5 Å². The minimum absolute atomic E-state index is 0. The van der Waals surface area contributed by atoms with Crippen LogP contribution < -0.4 is 5.32 Å². The number of imide groups is 1. The molecule has 47 valence electrons. The van der Waals surface area contributed by atoms with E-state index in [2.05, 4.69) is 0 Å². The molecule has 0 aliphatic carbocycles. The van der Waals surface area contributed by atoms with Gasteiger partial charge in [-0.05, 0) is 0 Å². The van der Waals surface area contributed by atoms with Crippen LogP contribution >= 0.6 is 0 Å². The van der Waals surface area contributed by atoms with E-state index in [1.54, 1.807) is 0 Å². The van der Waals surface area contributed by atoms with Crippen LogP contribution in [0, 0.1) is 0 Å². The maximum Gasteiger partial charge on any atom is 0.250 e. The summed E-state index contributed by atoms with van der Waals surface area (Å²) in [5, 5.41) is 2.03. The Bertz CT molecular complexity index is 136. The van der Waals surface area contributed by atoms with E-state index in [1.165, 1.54) is 12.2 Å². The molecule has 0 fully saturated rings. The van der Waals surface area contributed by atoms with Crippen molar-refractivity contribution in [3.8, 4) is 0 Å². The third-order valence-electron chi connectivity index (χ3n) is 0.632. The largest absolute Gasteiger partial charge is 0.289 e. The van der Waals surface area contributed by atoms with Crippen molar-refractivity contribution in [1.82, 2.24) is 5.32 Å². The Hall–Kier alpha value is -0.380. The van der Waals surface area contributed by atoms with E-state index in [-0.39, 0.29) is 34.2 Å². The van der Waals surface area contributed by atoms with Crippen LogP contribution in [-0.2, 0) is 32.0 Å². The zero-order valence-electron chi connectivity index (χ0n) is 3.77. The minimum atomic E-state index is -0.329. The molecule has 8 heavy (non-hydrogen) atoms. The van der Waals surface area contributed by atoms with E-state index >= 15 is 0 Å². The molecule has 1 rings (SSSR count). The molecule has 1 N–H and O–H groups in total. The first-order chi connectivity index (χ1) is 3.29. The smallest absolute Gasteiger partial charge is 0.250 e. The van der Waals surface area contributed by atoms with E-state index in [4.69, 9.17) is 0 Å². The predicted molar refractivity (Wildman–Crippen MR) is 22.3 cm³/mol. The zero-order chi connectivity index (χ0) is 5.28. The average molecular weight is 294 g/mol. The predicted octanol–water partition coefficient (Wildman–Crippen LogP) is -0.804. The molecule has 0 atom stereocenters. The van der Waals surface area contributed by atoms with Crippen LogP contribution in [0.15, 0.2) is 12.2 Å². The maximum atomic E-state index is 10.0. The Balaban J connectivity index is 0.000000490. The Morgan fingerprint density at radius 3 is 1.62 bits per heavy atom. The number of hydrogen-bond acceptors (Lipinski definition) is 2. The standard InChI is InChI=1S/C4H3NO2.Au/c6-3-1-2-4(7)5-3;/h1-2H,(H,5,6,7);. The number of hydrogen-bond donors (Lipinski definition) is 1. The van der Waals surface area contributed by atoms with E-state index in [1.807, 2.05) is 5.32 Å². The molecule has 0 bridgehead atoms. The Labute approximate surface area is 61.6 Å². The molecule has 0 saturated heterocycles. The minimum Gasteiger partial charge on any atom is -0.289 e. The summed E-state index contributed by atoms with van der Waals surface area (Å²) in [6.07, 6.45) is 2.39. The van der Waals surface area contributed by atoms with Crippen LogP contribution in [0.25, 0.3) is 0 Å². The average Bonchev–Trinajstić information content (AvgIpc) is 1.87. The summed E-state index contributed by atoms with van der Waals surface area (Å²) in [4.78, 5) is 20.1. The van der Waals surface area contributed by atoms with Crippen LogP contribution in [0.5, 0.6) is 0 Å². The number of rotatable bonds is 0. The van der Waals surface area contributed by atoms with Gasteiger partial charge >= 0.3 is 0 Å². The van der Waals surface area contributed by atoms with E-state index < -0.39 is 0 Å². The van der Waals surface area contributed by atoms with E-state index in [9.17, 15) is 9.59 Å². The van der Waals surface area contributed by atoms with Gasteiger partial charge in [0.15, 0.2) is 0 Å². The van der Waals surface area contributed by atoms with Gasteiger partial charge in [0.1, 0.15) is 0 Å². The molecule has 1 aliphatic rings. The molecular weight excluding hydrogens is 291 g/mol. The molecule has 0 aromatic rings. The monoisotopic (exact) mass is 294 g/mol. The van der Waals surface area contributed by atoms with Crippen LogP contribution in [0.2, 0.25) is 0 Å². The molecule has 0 spiro atoms. The van der Waals surface area contributed by atoms with Crippen molar-refractivity contribution in [1.29, 1.82) is 0 Å². The molecule has 0 aromatic carbocycles. The molecular formula is C4H3AuNO2. The SMILES string of the molecule is O=C1C=CC(=O)N1.[Au]. The summed E-state index contributed by atoms with van der Waals surface area (Å²) in [5.74, 6) is -0.657. The number of amides is 2. The summed E-state index contributed by atoms with van der Waals surface area (Å²) in [5.41, 5.74) is 0.